The number of esters is 2. The van der Waals surface area contributed by atoms with E-state index in [2.05, 4.69) is 18.7 Å². The predicted octanol–water partition coefficient (Wildman–Crippen LogP) is 1.46. The second kappa shape index (κ2) is 7.48. The van der Waals surface area contributed by atoms with Gasteiger partial charge in [0.2, 0.25) is 0 Å². The molecule has 1 aliphatic rings. The highest BCUT2D eigenvalue weighted by Gasteiger charge is 2.44. The van der Waals surface area contributed by atoms with Gasteiger partial charge in [-0.1, -0.05) is 6.92 Å². The Hall–Kier alpha value is -1.10. The Labute approximate surface area is 115 Å². The van der Waals surface area contributed by atoms with Gasteiger partial charge in [0.05, 0.1) is 25.0 Å². The van der Waals surface area contributed by atoms with Crippen LogP contribution in [0.1, 0.15) is 34.1 Å². The molecule has 1 unspecified atom stereocenters. The van der Waals surface area contributed by atoms with Crippen molar-refractivity contribution in [2.75, 3.05) is 26.3 Å². The van der Waals surface area contributed by atoms with E-state index in [0.29, 0.717) is 32.3 Å². The lowest BCUT2D eigenvalue weighted by molar-refractivity contribution is -0.157. The molecule has 0 radical (unpaired) electrons. The van der Waals surface area contributed by atoms with Gasteiger partial charge in [-0.25, -0.2) is 0 Å². The van der Waals surface area contributed by atoms with Crippen LogP contribution in [-0.4, -0.2) is 49.2 Å². The number of nitrogens with zero attached hydrogens (tertiary/aromatic N) is 1. The van der Waals surface area contributed by atoms with Crippen molar-refractivity contribution in [2.24, 2.45) is 11.8 Å². The van der Waals surface area contributed by atoms with Crippen molar-refractivity contribution in [1.29, 1.82) is 0 Å². The minimum atomic E-state index is -0.395. The first kappa shape index (κ1) is 16.0. The van der Waals surface area contributed by atoms with Gasteiger partial charge in [0.15, 0.2) is 0 Å². The highest BCUT2D eigenvalue weighted by Crippen LogP contribution is 2.28. The number of carbonyl (C=O) groups is 2. The van der Waals surface area contributed by atoms with E-state index in [1.54, 1.807) is 13.8 Å². The van der Waals surface area contributed by atoms with Crippen LogP contribution in [-0.2, 0) is 19.1 Å². The van der Waals surface area contributed by atoms with Gasteiger partial charge in [-0.2, -0.15) is 0 Å². The van der Waals surface area contributed by atoms with E-state index in [4.69, 9.17) is 9.47 Å². The number of carbonyl (C=O) groups excluding carboxylic acids is 2. The lowest BCUT2D eigenvalue weighted by Gasteiger charge is -2.22. The van der Waals surface area contributed by atoms with Crippen LogP contribution in [0.3, 0.4) is 0 Å². The molecule has 0 aromatic heterocycles. The maximum absolute atomic E-state index is 12.0. The molecule has 5 heteroatoms. The van der Waals surface area contributed by atoms with Crippen LogP contribution in [0, 0.1) is 11.8 Å². The average Bonchev–Trinajstić information content (AvgIpc) is 2.83. The second-order valence-electron chi connectivity index (χ2n) is 4.93. The summed E-state index contributed by atoms with van der Waals surface area (Å²) in [5.41, 5.74) is 0. The molecule has 0 amide bonds. The molecule has 0 aliphatic carbocycles. The summed E-state index contributed by atoms with van der Waals surface area (Å²) in [5, 5.41) is 0. The largest absolute Gasteiger partial charge is 0.466 e. The Morgan fingerprint density at radius 3 is 1.79 bits per heavy atom. The lowest BCUT2D eigenvalue weighted by Crippen LogP contribution is -2.31. The van der Waals surface area contributed by atoms with Gasteiger partial charge in [-0.15, -0.1) is 0 Å². The van der Waals surface area contributed by atoms with E-state index in [-0.39, 0.29) is 11.9 Å². The molecule has 1 saturated heterocycles. The Bertz CT molecular complexity index is 293. The van der Waals surface area contributed by atoms with Crippen LogP contribution < -0.4 is 0 Å². The van der Waals surface area contributed by atoms with Gasteiger partial charge >= 0.3 is 11.9 Å². The number of hydrogen-bond acceptors (Lipinski definition) is 5. The fourth-order valence-electron chi connectivity index (χ4n) is 2.43. The summed E-state index contributed by atoms with van der Waals surface area (Å²) in [5.74, 6) is -1.36. The third kappa shape index (κ3) is 3.93. The first-order chi connectivity index (χ1) is 9.04. The lowest BCUT2D eigenvalue weighted by atomic mass is 9.96. The molecule has 1 heterocycles. The molecule has 0 aromatic rings. The highest BCUT2D eigenvalue weighted by molar-refractivity contribution is 5.83. The monoisotopic (exact) mass is 271 g/mol. The summed E-state index contributed by atoms with van der Waals surface area (Å²) in [6.45, 7) is 9.60. The molecule has 0 aromatic carbocycles. The second-order valence-corrected chi connectivity index (χ2v) is 4.93. The van der Waals surface area contributed by atoms with E-state index < -0.39 is 11.8 Å². The molecule has 0 spiro atoms. The molecule has 5 nitrogen and oxygen atoms in total. The normalized spacial score (nSPS) is 25.1. The Balaban J connectivity index is 2.78. The van der Waals surface area contributed by atoms with Crippen molar-refractivity contribution in [2.45, 2.75) is 40.2 Å². The SMILES string of the molecule is CCOC(=O)[C@H]1CN(C(C)CC)C[C@H]1C(=O)OCC. The topological polar surface area (TPSA) is 55.8 Å². The zero-order valence-electron chi connectivity index (χ0n) is 12.3. The van der Waals surface area contributed by atoms with Crippen LogP contribution in [0.4, 0.5) is 0 Å². The molecule has 0 N–H and O–H groups in total. The van der Waals surface area contributed by atoms with E-state index in [0.717, 1.165) is 6.42 Å². The third-order valence-corrected chi connectivity index (χ3v) is 3.74. The zero-order valence-corrected chi connectivity index (χ0v) is 12.3. The van der Waals surface area contributed by atoms with Gasteiger partial charge in [0, 0.05) is 19.1 Å². The molecule has 1 aliphatic heterocycles. The minimum Gasteiger partial charge on any atom is -0.466 e. The maximum Gasteiger partial charge on any atom is 0.311 e. The maximum atomic E-state index is 12.0. The number of rotatable bonds is 6. The summed E-state index contributed by atoms with van der Waals surface area (Å²) < 4.78 is 10.1. The quantitative estimate of drug-likeness (QED) is 0.685. The van der Waals surface area contributed by atoms with Crippen molar-refractivity contribution < 1.29 is 19.1 Å². The van der Waals surface area contributed by atoms with Crippen LogP contribution in [0.5, 0.6) is 0 Å². The molecular weight excluding hydrogens is 246 g/mol. The van der Waals surface area contributed by atoms with Crippen LogP contribution in [0.15, 0.2) is 0 Å². The number of likely N-dealkylation sites (tertiary alicyclic amines) is 1. The third-order valence-electron chi connectivity index (χ3n) is 3.74. The van der Waals surface area contributed by atoms with Gasteiger partial charge < -0.3 is 9.47 Å². The molecule has 110 valence electrons. The summed E-state index contributed by atoms with van der Waals surface area (Å²) in [4.78, 5) is 26.1. The average molecular weight is 271 g/mol. The molecule has 1 rings (SSSR count). The van der Waals surface area contributed by atoms with Gasteiger partial charge in [0.25, 0.3) is 0 Å². The number of hydrogen-bond donors (Lipinski definition) is 0. The van der Waals surface area contributed by atoms with Crippen molar-refractivity contribution in [1.82, 2.24) is 4.90 Å². The summed E-state index contributed by atoms with van der Waals surface area (Å²) in [7, 11) is 0. The van der Waals surface area contributed by atoms with Gasteiger partial charge in [-0.05, 0) is 27.2 Å². The van der Waals surface area contributed by atoms with Crippen molar-refractivity contribution >= 4 is 11.9 Å². The van der Waals surface area contributed by atoms with Crippen molar-refractivity contribution in [3.63, 3.8) is 0 Å². The molecule has 1 fully saturated rings. The number of ether oxygens (including phenoxy) is 2. The predicted molar refractivity (Wildman–Crippen MR) is 71.6 cm³/mol. The van der Waals surface area contributed by atoms with E-state index >= 15 is 0 Å². The van der Waals surface area contributed by atoms with Crippen LogP contribution in [0.25, 0.3) is 0 Å². The summed E-state index contributed by atoms with van der Waals surface area (Å²) in [6, 6.07) is 0.358. The Morgan fingerprint density at radius 2 is 1.47 bits per heavy atom. The van der Waals surface area contributed by atoms with E-state index in [1.165, 1.54) is 0 Å². The van der Waals surface area contributed by atoms with Crippen LogP contribution in [0.2, 0.25) is 0 Å². The van der Waals surface area contributed by atoms with Crippen molar-refractivity contribution in [3.8, 4) is 0 Å². The smallest absolute Gasteiger partial charge is 0.311 e. The first-order valence-corrected chi connectivity index (χ1v) is 7.12. The molecular formula is C14H25NO4. The summed E-state index contributed by atoms with van der Waals surface area (Å²) >= 11 is 0. The standard InChI is InChI=1S/C14H25NO4/c1-5-10(4)15-8-11(13(16)18-6-2)12(9-15)14(17)19-7-3/h10-12H,5-9H2,1-4H3/t10?,11-,12+. The highest BCUT2D eigenvalue weighted by atomic mass is 16.5. The molecule has 3 atom stereocenters. The molecule has 19 heavy (non-hydrogen) atoms. The van der Waals surface area contributed by atoms with Gasteiger partial charge in [0.1, 0.15) is 0 Å². The van der Waals surface area contributed by atoms with Crippen molar-refractivity contribution in [3.05, 3.63) is 0 Å². The fourth-order valence-corrected chi connectivity index (χ4v) is 2.43. The molecule has 0 bridgehead atoms. The summed E-state index contributed by atoms with van der Waals surface area (Å²) in [6.07, 6.45) is 0.991. The van der Waals surface area contributed by atoms with Crippen LogP contribution >= 0.6 is 0 Å². The molecule has 0 saturated carbocycles. The van der Waals surface area contributed by atoms with Gasteiger partial charge in [-0.3, -0.25) is 14.5 Å². The Morgan fingerprint density at radius 1 is 1.05 bits per heavy atom. The zero-order chi connectivity index (χ0) is 14.4. The fraction of sp³-hybridized carbons (Fsp3) is 0.857. The van der Waals surface area contributed by atoms with E-state index in [1.807, 2.05) is 0 Å². The minimum absolute atomic E-state index is 0.286. The Kier molecular flexibility index (Phi) is 6.28. The first-order valence-electron chi connectivity index (χ1n) is 7.12. The van der Waals surface area contributed by atoms with E-state index in [9.17, 15) is 9.59 Å².